The zero-order valence-corrected chi connectivity index (χ0v) is 22.4. The summed E-state index contributed by atoms with van der Waals surface area (Å²) in [5.74, 6) is 0.729. The first-order chi connectivity index (χ1) is 15.5. The lowest BCUT2D eigenvalue weighted by Gasteiger charge is -2.11. The number of nitrogens with one attached hydrogen (secondary N) is 1. The number of amidine groups is 1. The minimum Gasteiger partial charge on any atom is -0.487 e. The van der Waals surface area contributed by atoms with Crippen molar-refractivity contribution in [2.45, 2.75) is 20.0 Å². The first-order valence-corrected chi connectivity index (χ1v) is 13.0. The molecule has 0 bridgehead atoms. The summed E-state index contributed by atoms with van der Waals surface area (Å²) in [5, 5.41) is 3.45. The fraction of sp³-hybridized carbons (Fsp3) is 0.120. The van der Waals surface area contributed by atoms with E-state index in [1.54, 1.807) is 0 Å². The summed E-state index contributed by atoms with van der Waals surface area (Å²) in [4.78, 5) is 17.7. The first-order valence-electron chi connectivity index (χ1n) is 10.1. The Bertz CT molecular complexity index is 1170. The van der Waals surface area contributed by atoms with Crippen LogP contribution in [0.3, 0.4) is 0 Å². The number of hydrogen-bond acceptors (Lipinski definition) is 4. The van der Waals surface area contributed by atoms with E-state index in [9.17, 15) is 4.79 Å². The number of amides is 1. The van der Waals surface area contributed by atoms with Crippen molar-refractivity contribution in [2.75, 3.05) is 0 Å². The molecule has 1 aliphatic heterocycles. The van der Waals surface area contributed by atoms with Gasteiger partial charge in [-0.2, -0.15) is 0 Å². The van der Waals surface area contributed by atoms with Crippen LogP contribution in [0.25, 0.3) is 6.08 Å². The number of hydrogen-bond donors (Lipinski definition) is 1. The lowest BCUT2D eigenvalue weighted by molar-refractivity contribution is -0.115. The standard InChI is InChI=1S/C25H20I2N2O2S/c1-2-16-8-10-19(11-9-16)28-25-29-24(30)22(32-25)14-18-12-20(26)23(21(27)13-18)31-15-17-6-4-3-5-7-17/h3-14H,2,15H2,1H3,(H,28,29,30)/b22-14-. The maximum atomic E-state index is 12.5. The van der Waals surface area contributed by atoms with Gasteiger partial charge in [0.2, 0.25) is 0 Å². The number of carbonyl (C=O) groups excluding carboxylic acids is 1. The zero-order valence-electron chi connectivity index (χ0n) is 17.3. The van der Waals surface area contributed by atoms with Crippen molar-refractivity contribution in [2.24, 2.45) is 4.99 Å². The number of aliphatic imine (C=N–C) groups is 1. The molecule has 162 valence electrons. The Kier molecular flexibility index (Phi) is 7.90. The molecule has 0 aliphatic carbocycles. The van der Waals surface area contributed by atoms with E-state index in [4.69, 9.17) is 4.74 Å². The van der Waals surface area contributed by atoms with Crippen molar-refractivity contribution in [3.63, 3.8) is 0 Å². The van der Waals surface area contributed by atoms with Crippen molar-refractivity contribution < 1.29 is 9.53 Å². The molecule has 0 unspecified atom stereocenters. The molecule has 0 saturated carbocycles. The number of ether oxygens (including phenoxy) is 1. The van der Waals surface area contributed by atoms with Gasteiger partial charge >= 0.3 is 0 Å². The Morgan fingerprint density at radius 3 is 2.34 bits per heavy atom. The van der Waals surface area contributed by atoms with Crippen LogP contribution in [0.15, 0.2) is 76.6 Å². The molecular weight excluding hydrogens is 646 g/mol. The molecule has 1 N–H and O–H groups in total. The third-order valence-electron chi connectivity index (χ3n) is 4.77. The summed E-state index contributed by atoms with van der Waals surface area (Å²) in [6, 6.07) is 22.2. The summed E-state index contributed by atoms with van der Waals surface area (Å²) in [6.45, 7) is 2.64. The molecule has 7 heteroatoms. The van der Waals surface area contributed by atoms with Crippen LogP contribution < -0.4 is 10.1 Å². The van der Waals surface area contributed by atoms with Gasteiger partial charge in [-0.15, -0.1) is 0 Å². The molecule has 4 nitrogen and oxygen atoms in total. The van der Waals surface area contributed by atoms with E-state index in [-0.39, 0.29) is 5.91 Å². The SMILES string of the molecule is CCc1ccc(N=C2NC(=O)/C(=C/c3cc(I)c(OCc4ccccc4)c(I)c3)S2)cc1. The Hall–Kier alpha value is -1.85. The van der Waals surface area contributed by atoms with Gasteiger partial charge in [-0.3, -0.25) is 4.79 Å². The van der Waals surface area contributed by atoms with Gasteiger partial charge in [-0.05, 0) is 110 Å². The highest BCUT2D eigenvalue weighted by Gasteiger charge is 2.24. The summed E-state index contributed by atoms with van der Waals surface area (Å²) < 4.78 is 8.07. The summed E-state index contributed by atoms with van der Waals surface area (Å²) in [6.07, 6.45) is 2.89. The van der Waals surface area contributed by atoms with Crippen molar-refractivity contribution in [1.82, 2.24) is 5.32 Å². The number of rotatable bonds is 6. The van der Waals surface area contributed by atoms with Gasteiger partial charge in [0.05, 0.1) is 17.7 Å². The van der Waals surface area contributed by atoms with Crippen molar-refractivity contribution in [1.29, 1.82) is 0 Å². The number of thioether (sulfide) groups is 1. The van der Waals surface area contributed by atoms with Crippen LogP contribution in [0.4, 0.5) is 5.69 Å². The molecule has 0 atom stereocenters. The Labute approximate surface area is 219 Å². The number of aryl methyl sites for hydroxylation is 1. The van der Waals surface area contributed by atoms with E-state index in [0.29, 0.717) is 16.7 Å². The fourth-order valence-electron chi connectivity index (χ4n) is 3.09. The van der Waals surface area contributed by atoms with Crippen LogP contribution in [0.1, 0.15) is 23.6 Å². The lowest BCUT2D eigenvalue weighted by atomic mass is 10.2. The van der Waals surface area contributed by atoms with Crippen molar-refractivity contribution >= 4 is 79.8 Å². The maximum absolute atomic E-state index is 12.5. The molecule has 3 aromatic carbocycles. The highest BCUT2D eigenvalue weighted by molar-refractivity contribution is 14.1. The molecule has 32 heavy (non-hydrogen) atoms. The van der Waals surface area contributed by atoms with Gasteiger partial charge < -0.3 is 10.1 Å². The Morgan fingerprint density at radius 2 is 1.69 bits per heavy atom. The molecule has 4 rings (SSSR count). The molecule has 0 aromatic heterocycles. The average Bonchev–Trinajstić information content (AvgIpc) is 3.12. The van der Waals surface area contributed by atoms with E-state index < -0.39 is 0 Å². The van der Waals surface area contributed by atoms with E-state index >= 15 is 0 Å². The van der Waals surface area contributed by atoms with Crippen molar-refractivity contribution in [3.8, 4) is 5.75 Å². The minimum absolute atomic E-state index is 0.131. The summed E-state index contributed by atoms with van der Waals surface area (Å²) in [7, 11) is 0. The highest BCUT2D eigenvalue weighted by atomic mass is 127. The number of nitrogens with zero attached hydrogens (tertiary/aromatic N) is 1. The molecule has 1 aliphatic rings. The van der Waals surface area contributed by atoms with Gasteiger partial charge in [0.25, 0.3) is 5.91 Å². The number of carbonyl (C=O) groups is 1. The van der Waals surface area contributed by atoms with E-state index in [1.165, 1.54) is 17.3 Å². The van der Waals surface area contributed by atoms with E-state index in [1.807, 2.05) is 60.7 Å². The van der Waals surface area contributed by atoms with E-state index in [0.717, 1.165) is 36.1 Å². The van der Waals surface area contributed by atoms with E-state index in [2.05, 4.69) is 74.5 Å². The molecule has 1 fully saturated rings. The van der Waals surface area contributed by atoms with Crippen LogP contribution in [0.2, 0.25) is 0 Å². The van der Waals surface area contributed by atoms with Gasteiger partial charge in [-0.25, -0.2) is 4.99 Å². The van der Waals surface area contributed by atoms with Crippen LogP contribution in [0, 0.1) is 7.14 Å². The predicted octanol–water partition coefficient (Wildman–Crippen LogP) is 6.93. The minimum atomic E-state index is -0.131. The second-order valence-electron chi connectivity index (χ2n) is 7.09. The average molecular weight is 666 g/mol. The normalized spacial score (nSPS) is 15.9. The van der Waals surface area contributed by atoms with Gasteiger partial charge in [-0.1, -0.05) is 49.4 Å². The molecule has 1 saturated heterocycles. The molecule has 0 spiro atoms. The third kappa shape index (κ3) is 5.93. The maximum Gasteiger partial charge on any atom is 0.264 e. The lowest BCUT2D eigenvalue weighted by Crippen LogP contribution is -2.19. The fourth-order valence-corrected chi connectivity index (χ4v) is 6.06. The summed E-state index contributed by atoms with van der Waals surface area (Å²) >= 11 is 5.92. The van der Waals surface area contributed by atoms with Crippen LogP contribution in [-0.4, -0.2) is 11.1 Å². The smallest absolute Gasteiger partial charge is 0.264 e. The monoisotopic (exact) mass is 666 g/mol. The highest BCUT2D eigenvalue weighted by Crippen LogP contribution is 2.33. The van der Waals surface area contributed by atoms with Crippen LogP contribution in [0.5, 0.6) is 5.75 Å². The topological polar surface area (TPSA) is 50.7 Å². The first kappa shape index (κ1) is 23.3. The Balaban J connectivity index is 1.49. The summed E-state index contributed by atoms with van der Waals surface area (Å²) in [5.41, 5.74) is 4.17. The third-order valence-corrected chi connectivity index (χ3v) is 7.28. The predicted molar refractivity (Wildman–Crippen MR) is 149 cm³/mol. The number of benzene rings is 3. The molecule has 1 heterocycles. The van der Waals surface area contributed by atoms with Gasteiger partial charge in [0, 0.05) is 0 Å². The second kappa shape index (κ2) is 10.8. The van der Waals surface area contributed by atoms with Crippen LogP contribution >= 0.6 is 56.9 Å². The van der Waals surface area contributed by atoms with Crippen molar-refractivity contribution in [3.05, 3.63) is 95.5 Å². The quantitative estimate of drug-likeness (QED) is 0.230. The molecule has 3 aromatic rings. The van der Waals surface area contributed by atoms with Gasteiger partial charge in [0.15, 0.2) is 5.17 Å². The number of halogens is 2. The Morgan fingerprint density at radius 1 is 1.00 bits per heavy atom. The largest absolute Gasteiger partial charge is 0.487 e. The zero-order chi connectivity index (χ0) is 22.5. The molecule has 1 amide bonds. The second-order valence-corrected chi connectivity index (χ2v) is 10.4. The molecule has 0 radical (unpaired) electrons. The van der Waals surface area contributed by atoms with Crippen LogP contribution in [-0.2, 0) is 17.8 Å². The molecular formula is C25H20I2N2O2S. The van der Waals surface area contributed by atoms with Gasteiger partial charge in [0.1, 0.15) is 12.4 Å².